The lowest BCUT2D eigenvalue weighted by Crippen LogP contribution is -2.28. The van der Waals surface area contributed by atoms with Gasteiger partial charge in [0.05, 0.1) is 19.0 Å². The lowest BCUT2D eigenvalue weighted by Gasteiger charge is -2.08. The molecule has 0 saturated carbocycles. The zero-order chi connectivity index (χ0) is 17.6. The predicted molar refractivity (Wildman–Crippen MR) is 93.3 cm³/mol. The number of hydrogen-bond acceptors (Lipinski definition) is 5. The summed E-state index contributed by atoms with van der Waals surface area (Å²) < 4.78 is 15.7. The van der Waals surface area contributed by atoms with Gasteiger partial charge in [0.15, 0.2) is 5.76 Å². The van der Waals surface area contributed by atoms with Crippen LogP contribution in [-0.4, -0.2) is 26.2 Å². The highest BCUT2D eigenvalue weighted by Gasteiger charge is 2.12. The maximum atomic E-state index is 12.2. The SMILES string of the molecule is COc1ccc2c(=O)oc(C(=O)NCCOc3ccccc3)cc2c1. The minimum Gasteiger partial charge on any atom is -0.497 e. The van der Waals surface area contributed by atoms with E-state index in [1.54, 1.807) is 18.2 Å². The van der Waals surface area contributed by atoms with E-state index in [0.29, 0.717) is 23.1 Å². The highest BCUT2D eigenvalue weighted by molar-refractivity contribution is 5.95. The molecule has 1 N–H and O–H groups in total. The molecule has 6 heteroatoms. The largest absolute Gasteiger partial charge is 0.497 e. The van der Waals surface area contributed by atoms with Gasteiger partial charge in [-0.2, -0.15) is 0 Å². The molecule has 1 heterocycles. The van der Waals surface area contributed by atoms with E-state index in [-0.39, 0.29) is 12.3 Å². The average Bonchev–Trinajstić information content (AvgIpc) is 2.65. The number of ether oxygens (including phenoxy) is 2. The van der Waals surface area contributed by atoms with E-state index >= 15 is 0 Å². The molecule has 0 aliphatic carbocycles. The van der Waals surface area contributed by atoms with Gasteiger partial charge in [0.2, 0.25) is 0 Å². The molecular weight excluding hydrogens is 322 g/mol. The van der Waals surface area contributed by atoms with Crippen molar-refractivity contribution < 1.29 is 18.7 Å². The van der Waals surface area contributed by atoms with Gasteiger partial charge in [-0.05, 0) is 41.8 Å². The number of rotatable bonds is 6. The van der Waals surface area contributed by atoms with Crippen LogP contribution in [0.25, 0.3) is 10.8 Å². The first-order valence-electron chi connectivity index (χ1n) is 7.75. The molecule has 2 aromatic carbocycles. The number of fused-ring (bicyclic) bond motifs is 1. The van der Waals surface area contributed by atoms with Gasteiger partial charge >= 0.3 is 5.63 Å². The fourth-order valence-corrected chi connectivity index (χ4v) is 2.35. The summed E-state index contributed by atoms with van der Waals surface area (Å²) in [5.74, 6) is 0.797. The molecule has 3 aromatic rings. The third-order valence-corrected chi connectivity index (χ3v) is 3.59. The lowest BCUT2D eigenvalue weighted by molar-refractivity contribution is 0.0915. The molecular formula is C19H17NO5. The zero-order valence-electron chi connectivity index (χ0n) is 13.7. The Kier molecular flexibility index (Phi) is 4.99. The molecule has 128 valence electrons. The molecule has 1 amide bonds. The predicted octanol–water partition coefficient (Wildman–Crippen LogP) is 2.61. The van der Waals surface area contributed by atoms with Crippen molar-refractivity contribution in [2.75, 3.05) is 20.3 Å². The second-order valence-corrected chi connectivity index (χ2v) is 5.27. The van der Waals surface area contributed by atoms with Crippen LogP contribution in [0.3, 0.4) is 0 Å². The van der Waals surface area contributed by atoms with Gasteiger partial charge < -0.3 is 19.2 Å². The van der Waals surface area contributed by atoms with Gasteiger partial charge in [0, 0.05) is 0 Å². The third-order valence-electron chi connectivity index (χ3n) is 3.59. The zero-order valence-corrected chi connectivity index (χ0v) is 13.7. The van der Waals surface area contributed by atoms with Gasteiger partial charge in [-0.15, -0.1) is 0 Å². The number of benzene rings is 2. The standard InChI is InChI=1S/C19H17NO5/c1-23-15-7-8-16-13(11-15)12-17(25-19(16)22)18(21)20-9-10-24-14-5-3-2-4-6-14/h2-8,11-12H,9-10H2,1H3,(H,20,21). The van der Waals surface area contributed by atoms with Gasteiger partial charge in [0.1, 0.15) is 18.1 Å². The number of para-hydroxylation sites is 1. The number of amides is 1. The van der Waals surface area contributed by atoms with Crippen LogP contribution in [0, 0.1) is 0 Å². The van der Waals surface area contributed by atoms with Crippen LogP contribution in [0.1, 0.15) is 10.6 Å². The van der Waals surface area contributed by atoms with Crippen LogP contribution in [-0.2, 0) is 0 Å². The van der Waals surface area contributed by atoms with E-state index in [4.69, 9.17) is 13.9 Å². The number of carbonyl (C=O) groups is 1. The molecule has 0 radical (unpaired) electrons. The molecule has 3 rings (SSSR count). The third kappa shape index (κ3) is 3.98. The van der Waals surface area contributed by atoms with Crippen LogP contribution in [0.15, 0.2) is 63.8 Å². The molecule has 0 fully saturated rings. The summed E-state index contributed by atoms with van der Waals surface area (Å²) in [6.45, 7) is 0.592. The van der Waals surface area contributed by atoms with Crippen LogP contribution < -0.4 is 20.4 Å². The maximum absolute atomic E-state index is 12.2. The molecule has 0 atom stereocenters. The molecule has 6 nitrogen and oxygen atoms in total. The molecule has 0 bridgehead atoms. The van der Waals surface area contributed by atoms with E-state index in [2.05, 4.69) is 5.32 Å². The maximum Gasteiger partial charge on any atom is 0.344 e. The quantitative estimate of drug-likeness (QED) is 0.699. The van der Waals surface area contributed by atoms with E-state index < -0.39 is 11.5 Å². The van der Waals surface area contributed by atoms with E-state index in [0.717, 1.165) is 5.75 Å². The fraction of sp³-hybridized carbons (Fsp3) is 0.158. The second kappa shape index (κ2) is 7.53. The van der Waals surface area contributed by atoms with Crippen LogP contribution in [0.5, 0.6) is 11.5 Å². The van der Waals surface area contributed by atoms with E-state index in [1.165, 1.54) is 13.2 Å². The number of nitrogens with one attached hydrogen (secondary N) is 1. The number of hydrogen-bond donors (Lipinski definition) is 1. The summed E-state index contributed by atoms with van der Waals surface area (Å²) in [5.41, 5.74) is -0.564. The Morgan fingerprint density at radius 2 is 1.88 bits per heavy atom. The van der Waals surface area contributed by atoms with Crippen molar-refractivity contribution in [1.82, 2.24) is 5.32 Å². The van der Waals surface area contributed by atoms with E-state index in [1.807, 2.05) is 30.3 Å². The molecule has 0 aliphatic heterocycles. The van der Waals surface area contributed by atoms with Crippen LogP contribution in [0.2, 0.25) is 0 Å². The first-order valence-corrected chi connectivity index (χ1v) is 7.75. The normalized spacial score (nSPS) is 10.4. The average molecular weight is 339 g/mol. The van der Waals surface area contributed by atoms with Crippen LogP contribution >= 0.6 is 0 Å². The highest BCUT2D eigenvalue weighted by atomic mass is 16.5. The smallest absolute Gasteiger partial charge is 0.344 e. The Labute approximate surface area is 144 Å². The molecule has 0 aliphatic rings. The van der Waals surface area contributed by atoms with Gasteiger partial charge in [-0.1, -0.05) is 18.2 Å². The van der Waals surface area contributed by atoms with Crippen molar-refractivity contribution in [3.63, 3.8) is 0 Å². The minimum absolute atomic E-state index is 0.0505. The van der Waals surface area contributed by atoms with Gasteiger partial charge in [-0.3, -0.25) is 4.79 Å². The van der Waals surface area contributed by atoms with Crippen molar-refractivity contribution in [3.05, 3.63) is 70.8 Å². The number of carbonyl (C=O) groups excluding carboxylic acids is 1. The molecule has 0 saturated heterocycles. The summed E-state index contributed by atoms with van der Waals surface area (Å²) in [4.78, 5) is 24.2. The Bertz CT molecular complexity index is 933. The van der Waals surface area contributed by atoms with Gasteiger partial charge in [0.25, 0.3) is 5.91 Å². The molecule has 1 aromatic heterocycles. The topological polar surface area (TPSA) is 77.8 Å². The highest BCUT2D eigenvalue weighted by Crippen LogP contribution is 2.19. The van der Waals surface area contributed by atoms with Gasteiger partial charge in [-0.25, -0.2) is 4.79 Å². The minimum atomic E-state index is -0.564. The van der Waals surface area contributed by atoms with Crippen molar-refractivity contribution in [3.8, 4) is 11.5 Å². The Morgan fingerprint density at radius 1 is 1.08 bits per heavy atom. The van der Waals surface area contributed by atoms with Crippen LogP contribution in [0.4, 0.5) is 0 Å². The monoisotopic (exact) mass is 339 g/mol. The summed E-state index contributed by atoms with van der Waals surface area (Å²) in [6, 6.07) is 15.8. The lowest BCUT2D eigenvalue weighted by atomic mass is 10.1. The molecule has 0 spiro atoms. The Hall–Kier alpha value is -3.28. The Balaban J connectivity index is 1.66. The molecule has 0 unspecified atom stereocenters. The first-order chi connectivity index (χ1) is 12.2. The van der Waals surface area contributed by atoms with Crippen molar-refractivity contribution in [2.45, 2.75) is 0 Å². The summed E-state index contributed by atoms with van der Waals surface area (Å²) in [5, 5.41) is 3.64. The summed E-state index contributed by atoms with van der Waals surface area (Å²) >= 11 is 0. The van der Waals surface area contributed by atoms with E-state index in [9.17, 15) is 9.59 Å². The fourth-order valence-electron chi connectivity index (χ4n) is 2.35. The summed E-state index contributed by atoms with van der Waals surface area (Å²) in [6.07, 6.45) is 0. The van der Waals surface area contributed by atoms with Crippen molar-refractivity contribution in [1.29, 1.82) is 0 Å². The first kappa shape index (κ1) is 16.6. The van der Waals surface area contributed by atoms with Crippen molar-refractivity contribution in [2.24, 2.45) is 0 Å². The second-order valence-electron chi connectivity index (χ2n) is 5.27. The Morgan fingerprint density at radius 3 is 2.64 bits per heavy atom. The molecule has 25 heavy (non-hydrogen) atoms. The van der Waals surface area contributed by atoms with Crippen molar-refractivity contribution >= 4 is 16.7 Å². The number of methoxy groups -OCH3 is 1. The summed E-state index contributed by atoms with van der Waals surface area (Å²) in [7, 11) is 1.53.